The lowest BCUT2D eigenvalue weighted by molar-refractivity contribution is -0.137. The summed E-state index contributed by atoms with van der Waals surface area (Å²) in [4.78, 5) is 21.4. The normalized spacial score (nSPS) is 11.0. The van der Waals surface area contributed by atoms with Gasteiger partial charge in [-0.1, -0.05) is 0 Å². The summed E-state index contributed by atoms with van der Waals surface area (Å²) in [5.74, 6) is -0.499. The Bertz CT molecular complexity index is 398. The molecular weight excluding hydrogens is 235 g/mol. The first-order chi connectivity index (χ1) is 7.95. The van der Waals surface area contributed by atoms with Gasteiger partial charge in [-0.3, -0.25) is 4.79 Å². The van der Waals surface area contributed by atoms with Crippen LogP contribution in [0.3, 0.4) is 0 Å². The molecule has 0 aliphatic heterocycles. The highest BCUT2D eigenvalue weighted by atomic mass is 19.4. The van der Waals surface area contributed by atoms with Crippen molar-refractivity contribution in [1.29, 1.82) is 0 Å². The Kier molecular flexibility index (Phi) is 4.25. The maximum atomic E-state index is 12.2. The number of halogens is 3. The molecule has 6 heteroatoms. The van der Waals surface area contributed by atoms with Gasteiger partial charge in [-0.25, -0.2) is 0 Å². The van der Waals surface area contributed by atoms with Gasteiger partial charge in [-0.05, 0) is 24.3 Å². The molecule has 1 N–H and O–H groups in total. The minimum Gasteiger partial charge on any atom is -0.352 e. The summed E-state index contributed by atoms with van der Waals surface area (Å²) in [5, 5.41) is 2.41. The van der Waals surface area contributed by atoms with Gasteiger partial charge in [0, 0.05) is 18.5 Å². The molecule has 0 unspecified atom stereocenters. The number of alkyl halides is 3. The molecule has 0 spiro atoms. The van der Waals surface area contributed by atoms with E-state index in [2.05, 4.69) is 5.32 Å². The van der Waals surface area contributed by atoms with E-state index >= 15 is 0 Å². The largest absolute Gasteiger partial charge is 0.416 e. The second kappa shape index (κ2) is 5.47. The van der Waals surface area contributed by atoms with Crippen LogP contribution in [0.25, 0.3) is 0 Å². The minimum atomic E-state index is -4.41. The summed E-state index contributed by atoms with van der Waals surface area (Å²) < 4.78 is 36.7. The Balaban J connectivity index is 2.67. The van der Waals surface area contributed by atoms with E-state index in [1.54, 1.807) is 0 Å². The molecule has 1 amide bonds. The number of hydrogen-bond donors (Lipinski definition) is 1. The third-order valence-corrected chi connectivity index (χ3v) is 2.02. The van der Waals surface area contributed by atoms with Gasteiger partial charge in [0.1, 0.15) is 6.29 Å². The van der Waals surface area contributed by atoms with Crippen molar-refractivity contribution < 1.29 is 22.8 Å². The minimum absolute atomic E-state index is 0.129. The Morgan fingerprint density at radius 1 is 1.24 bits per heavy atom. The van der Waals surface area contributed by atoms with Crippen LogP contribution in [0.4, 0.5) is 13.2 Å². The number of hydrogen-bond acceptors (Lipinski definition) is 2. The van der Waals surface area contributed by atoms with E-state index in [0.717, 1.165) is 24.3 Å². The van der Waals surface area contributed by atoms with Gasteiger partial charge in [0.05, 0.1) is 5.56 Å². The second-order valence-electron chi connectivity index (χ2n) is 3.29. The molecule has 0 aliphatic rings. The Hall–Kier alpha value is -1.85. The van der Waals surface area contributed by atoms with Crippen LogP contribution >= 0.6 is 0 Å². The Morgan fingerprint density at radius 2 is 1.82 bits per heavy atom. The van der Waals surface area contributed by atoms with Gasteiger partial charge >= 0.3 is 6.18 Å². The van der Waals surface area contributed by atoms with Crippen LogP contribution in [-0.4, -0.2) is 18.7 Å². The lowest BCUT2D eigenvalue weighted by Crippen LogP contribution is -2.24. The third-order valence-electron chi connectivity index (χ3n) is 2.02. The first kappa shape index (κ1) is 13.2. The van der Waals surface area contributed by atoms with Crippen molar-refractivity contribution in [3.63, 3.8) is 0 Å². The van der Waals surface area contributed by atoms with Crippen molar-refractivity contribution in [3.8, 4) is 0 Å². The monoisotopic (exact) mass is 245 g/mol. The summed E-state index contributed by atoms with van der Waals surface area (Å²) >= 11 is 0. The number of amides is 1. The lowest BCUT2D eigenvalue weighted by Gasteiger charge is -2.07. The van der Waals surface area contributed by atoms with Crippen molar-refractivity contribution in [1.82, 2.24) is 5.32 Å². The van der Waals surface area contributed by atoms with Crippen molar-refractivity contribution in [3.05, 3.63) is 35.4 Å². The van der Waals surface area contributed by atoms with Crippen molar-refractivity contribution in [2.75, 3.05) is 6.54 Å². The number of rotatable bonds is 4. The van der Waals surface area contributed by atoms with Crippen LogP contribution in [-0.2, 0) is 11.0 Å². The summed E-state index contributed by atoms with van der Waals surface area (Å²) in [6, 6.07) is 3.88. The van der Waals surface area contributed by atoms with Gasteiger partial charge in [0.15, 0.2) is 0 Å². The zero-order chi connectivity index (χ0) is 12.9. The van der Waals surface area contributed by atoms with E-state index in [9.17, 15) is 22.8 Å². The topological polar surface area (TPSA) is 46.2 Å². The van der Waals surface area contributed by atoms with Crippen molar-refractivity contribution >= 4 is 12.2 Å². The number of carbonyl (C=O) groups is 2. The quantitative estimate of drug-likeness (QED) is 0.651. The number of benzene rings is 1. The zero-order valence-corrected chi connectivity index (χ0v) is 8.75. The van der Waals surface area contributed by atoms with Gasteiger partial charge < -0.3 is 10.1 Å². The molecular formula is C11H10F3NO2. The van der Waals surface area contributed by atoms with Gasteiger partial charge in [-0.15, -0.1) is 0 Å². The Labute approximate surface area is 95.6 Å². The van der Waals surface area contributed by atoms with E-state index in [0.29, 0.717) is 6.29 Å². The van der Waals surface area contributed by atoms with Crippen LogP contribution in [0.15, 0.2) is 24.3 Å². The molecule has 0 bridgehead atoms. The molecule has 0 saturated heterocycles. The fourth-order valence-electron chi connectivity index (χ4n) is 1.16. The number of nitrogens with one attached hydrogen (secondary N) is 1. The van der Waals surface area contributed by atoms with Crippen molar-refractivity contribution in [2.45, 2.75) is 12.6 Å². The molecule has 0 radical (unpaired) electrons. The zero-order valence-electron chi connectivity index (χ0n) is 8.75. The molecule has 1 aromatic carbocycles. The summed E-state index contributed by atoms with van der Waals surface area (Å²) in [7, 11) is 0. The average molecular weight is 245 g/mol. The predicted octanol–water partition coefficient (Wildman–Crippen LogP) is 2.02. The third kappa shape index (κ3) is 3.90. The molecule has 0 aliphatic carbocycles. The Morgan fingerprint density at radius 3 is 2.29 bits per heavy atom. The van der Waals surface area contributed by atoms with Crippen LogP contribution in [0, 0.1) is 0 Å². The SMILES string of the molecule is O=CCCNC(=O)c1ccc(C(F)(F)F)cc1. The molecule has 0 fully saturated rings. The van der Waals surface area contributed by atoms with E-state index in [1.807, 2.05) is 0 Å². The molecule has 0 aromatic heterocycles. The van der Waals surface area contributed by atoms with E-state index in [-0.39, 0.29) is 18.5 Å². The van der Waals surface area contributed by atoms with Crippen molar-refractivity contribution in [2.24, 2.45) is 0 Å². The predicted molar refractivity (Wildman–Crippen MR) is 54.5 cm³/mol. The maximum absolute atomic E-state index is 12.2. The highest BCUT2D eigenvalue weighted by Gasteiger charge is 2.30. The molecule has 17 heavy (non-hydrogen) atoms. The van der Waals surface area contributed by atoms with Crippen LogP contribution in [0.2, 0.25) is 0 Å². The van der Waals surface area contributed by atoms with Crippen LogP contribution in [0.5, 0.6) is 0 Å². The molecule has 1 aromatic rings. The first-order valence-electron chi connectivity index (χ1n) is 4.84. The number of carbonyl (C=O) groups excluding carboxylic acids is 2. The molecule has 0 saturated carbocycles. The maximum Gasteiger partial charge on any atom is 0.416 e. The van der Waals surface area contributed by atoms with Gasteiger partial charge in [-0.2, -0.15) is 13.2 Å². The highest BCUT2D eigenvalue weighted by Crippen LogP contribution is 2.28. The van der Waals surface area contributed by atoms with Gasteiger partial charge in [0.25, 0.3) is 5.91 Å². The molecule has 0 atom stereocenters. The molecule has 1 rings (SSSR count). The van der Waals surface area contributed by atoms with E-state index in [4.69, 9.17) is 0 Å². The van der Waals surface area contributed by atoms with E-state index in [1.165, 1.54) is 0 Å². The summed E-state index contributed by atoms with van der Waals surface area (Å²) in [5.41, 5.74) is -0.675. The fourth-order valence-corrected chi connectivity index (χ4v) is 1.16. The van der Waals surface area contributed by atoms with Crippen LogP contribution < -0.4 is 5.32 Å². The second-order valence-corrected chi connectivity index (χ2v) is 3.29. The van der Waals surface area contributed by atoms with Gasteiger partial charge in [0.2, 0.25) is 0 Å². The molecule has 92 valence electrons. The van der Waals surface area contributed by atoms with Crippen LogP contribution in [0.1, 0.15) is 22.3 Å². The fraction of sp³-hybridized carbons (Fsp3) is 0.273. The average Bonchev–Trinajstić information content (AvgIpc) is 2.28. The van der Waals surface area contributed by atoms with E-state index < -0.39 is 17.6 Å². The summed E-state index contributed by atoms with van der Waals surface area (Å²) in [6.45, 7) is 0.170. The summed E-state index contributed by atoms with van der Waals surface area (Å²) in [6.07, 6.45) is -3.59. The first-order valence-corrected chi connectivity index (χ1v) is 4.84. The molecule has 3 nitrogen and oxygen atoms in total. The highest BCUT2D eigenvalue weighted by molar-refractivity contribution is 5.94. The molecule has 0 heterocycles. The smallest absolute Gasteiger partial charge is 0.352 e. The number of aldehydes is 1. The lowest BCUT2D eigenvalue weighted by atomic mass is 10.1. The standard InChI is InChI=1S/C11H10F3NO2/c12-11(13,14)9-4-2-8(3-5-9)10(17)15-6-1-7-16/h2-5,7H,1,6H2,(H,15,17).